The van der Waals surface area contributed by atoms with Crippen molar-refractivity contribution < 1.29 is 4.74 Å². The van der Waals surface area contributed by atoms with Gasteiger partial charge in [0.2, 0.25) is 0 Å². The molecule has 1 N–H and O–H groups in total. The minimum atomic E-state index is 0.0866. The highest BCUT2D eigenvalue weighted by atomic mass is 16.5. The first-order valence-electron chi connectivity index (χ1n) is 7.84. The minimum Gasteiger partial charge on any atom is -0.378 e. The maximum atomic E-state index is 9.15. The van der Waals surface area contributed by atoms with E-state index in [1.807, 2.05) is 24.3 Å². The van der Waals surface area contributed by atoms with Crippen molar-refractivity contribution in [3.05, 3.63) is 65.2 Å². The second-order valence-corrected chi connectivity index (χ2v) is 6.04. The van der Waals surface area contributed by atoms with Crippen molar-refractivity contribution in [1.82, 2.24) is 0 Å². The Bertz CT molecular complexity index is 720. The van der Waals surface area contributed by atoms with Crippen molar-refractivity contribution in [2.45, 2.75) is 25.0 Å². The van der Waals surface area contributed by atoms with E-state index in [9.17, 15) is 0 Å². The van der Waals surface area contributed by atoms with Crippen LogP contribution in [0.2, 0.25) is 0 Å². The van der Waals surface area contributed by atoms with E-state index in [2.05, 4.69) is 35.7 Å². The Morgan fingerprint density at radius 1 is 1.14 bits per heavy atom. The SMILES string of the molecule is N#Cc1ccc2c(c1)[C@H]1OCCC[C@H]1[C@H](c1ccccc1)N2. The van der Waals surface area contributed by atoms with E-state index < -0.39 is 0 Å². The molecule has 0 unspecified atom stereocenters. The van der Waals surface area contributed by atoms with Crippen LogP contribution in [-0.4, -0.2) is 6.61 Å². The molecule has 2 heterocycles. The average Bonchev–Trinajstić information content (AvgIpc) is 2.61. The van der Waals surface area contributed by atoms with Gasteiger partial charge in [0, 0.05) is 23.8 Å². The lowest BCUT2D eigenvalue weighted by Crippen LogP contribution is -2.36. The molecule has 2 aliphatic heterocycles. The van der Waals surface area contributed by atoms with Gasteiger partial charge < -0.3 is 10.1 Å². The summed E-state index contributed by atoms with van der Waals surface area (Å²) in [5.74, 6) is 0.414. The number of anilines is 1. The molecule has 0 radical (unpaired) electrons. The average molecular weight is 290 g/mol. The van der Waals surface area contributed by atoms with Gasteiger partial charge in [0.1, 0.15) is 0 Å². The predicted molar refractivity (Wildman–Crippen MR) is 85.4 cm³/mol. The molecule has 0 amide bonds. The van der Waals surface area contributed by atoms with Gasteiger partial charge in [-0.05, 0) is 36.6 Å². The van der Waals surface area contributed by atoms with Crippen molar-refractivity contribution in [3.8, 4) is 6.07 Å². The number of hydrogen-bond donors (Lipinski definition) is 1. The lowest BCUT2D eigenvalue weighted by Gasteiger charge is -2.43. The molecule has 22 heavy (non-hydrogen) atoms. The summed E-state index contributed by atoms with van der Waals surface area (Å²) >= 11 is 0. The summed E-state index contributed by atoms with van der Waals surface area (Å²) in [6, 6.07) is 18.9. The largest absolute Gasteiger partial charge is 0.378 e. The molecule has 3 nitrogen and oxygen atoms in total. The third-order valence-electron chi connectivity index (χ3n) is 4.75. The first-order valence-corrected chi connectivity index (χ1v) is 7.84. The minimum absolute atomic E-state index is 0.0866. The summed E-state index contributed by atoms with van der Waals surface area (Å²) in [7, 11) is 0. The van der Waals surface area contributed by atoms with E-state index in [-0.39, 0.29) is 12.1 Å². The number of nitrogens with one attached hydrogen (secondary N) is 1. The van der Waals surface area contributed by atoms with E-state index >= 15 is 0 Å². The first kappa shape index (κ1) is 13.4. The van der Waals surface area contributed by atoms with Gasteiger partial charge in [0.05, 0.1) is 23.8 Å². The molecule has 3 heteroatoms. The summed E-state index contributed by atoms with van der Waals surface area (Å²) < 4.78 is 6.11. The van der Waals surface area contributed by atoms with Crippen LogP contribution in [0.5, 0.6) is 0 Å². The van der Waals surface area contributed by atoms with Gasteiger partial charge in [-0.1, -0.05) is 30.3 Å². The van der Waals surface area contributed by atoms with E-state index in [1.165, 1.54) is 5.56 Å². The van der Waals surface area contributed by atoms with Crippen LogP contribution < -0.4 is 5.32 Å². The van der Waals surface area contributed by atoms with Gasteiger partial charge in [-0.15, -0.1) is 0 Å². The smallest absolute Gasteiger partial charge is 0.0991 e. The Hall–Kier alpha value is -2.31. The highest BCUT2D eigenvalue weighted by Gasteiger charge is 2.39. The van der Waals surface area contributed by atoms with Gasteiger partial charge in [-0.25, -0.2) is 0 Å². The fourth-order valence-electron chi connectivity index (χ4n) is 3.73. The molecule has 4 rings (SSSR count). The molecule has 2 aliphatic rings. The number of nitriles is 1. The molecular formula is C19H18N2O. The third-order valence-corrected chi connectivity index (χ3v) is 4.75. The van der Waals surface area contributed by atoms with Gasteiger partial charge in [0.25, 0.3) is 0 Å². The van der Waals surface area contributed by atoms with Gasteiger partial charge in [-0.2, -0.15) is 5.26 Å². The number of rotatable bonds is 1. The summed E-state index contributed by atoms with van der Waals surface area (Å²) in [5, 5.41) is 12.8. The van der Waals surface area contributed by atoms with Crippen molar-refractivity contribution in [2.75, 3.05) is 11.9 Å². The lowest BCUT2D eigenvalue weighted by molar-refractivity contribution is -0.0381. The van der Waals surface area contributed by atoms with Crippen molar-refractivity contribution in [3.63, 3.8) is 0 Å². The Balaban J connectivity index is 1.79. The van der Waals surface area contributed by atoms with E-state index in [0.717, 1.165) is 30.7 Å². The van der Waals surface area contributed by atoms with Crippen LogP contribution in [-0.2, 0) is 4.74 Å². The number of fused-ring (bicyclic) bond motifs is 3. The quantitative estimate of drug-likeness (QED) is 0.856. The summed E-state index contributed by atoms with van der Waals surface area (Å²) in [4.78, 5) is 0. The van der Waals surface area contributed by atoms with Crippen LogP contribution in [0.1, 0.15) is 41.7 Å². The molecule has 0 bridgehead atoms. The molecule has 2 aromatic rings. The van der Waals surface area contributed by atoms with Gasteiger partial charge in [0.15, 0.2) is 0 Å². The Labute approximate surface area is 130 Å². The van der Waals surface area contributed by atoms with Gasteiger partial charge >= 0.3 is 0 Å². The Kier molecular flexibility index (Phi) is 3.32. The molecule has 3 atom stereocenters. The monoisotopic (exact) mass is 290 g/mol. The summed E-state index contributed by atoms with van der Waals surface area (Å²) in [5.41, 5.74) is 4.23. The number of hydrogen-bond acceptors (Lipinski definition) is 3. The number of ether oxygens (including phenoxy) is 1. The normalized spacial score (nSPS) is 26.2. The van der Waals surface area contributed by atoms with Crippen LogP contribution in [0.3, 0.4) is 0 Å². The fourth-order valence-corrected chi connectivity index (χ4v) is 3.73. The van der Waals surface area contributed by atoms with Crippen LogP contribution in [0.15, 0.2) is 48.5 Å². The molecule has 0 saturated carbocycles. The second kappa shape index (κ2) is 5.47. The fraction of sp³-hybridized carbons (Fsp3) is 0.316. The molecule has 1 saturated heterocycles. The topological polar surface area (TPSA) is 45.0 Å². The number of nitrogens with zero attached hydrogens (tertiary/aromatic N) is 1. The standard InChI is InChI=1S/C19H18N2O/c20-12-13-8-9-17-16(11-13)19-15(7-4-10-22-19)18(21-17)14-5-2-1-3-6-14/h1-3,5-6,8-9,11,15,18-19,21H,4,7,10H2/t15-,18-,19-/m0/s1. The number of benzene rings is 2. The molecule has 0 aromatic heterocycles. The van der Waals surface area contributed by atoms with Crippen molar-refractivity contribution in [1.29, 1.82) is 5.26 Å². The zero-order chi connectivity index (χ0) is 14.9. The van der Waals surface area contributed by atoms with Crippen LogP contribution in [0.25, 0.3) is 0 Å². The van der Waals surface area contributed by atoms with Gasteiger partial charge in [-0.3, -0.25) is 0 Å². The molecule has 1 fully saturated rings. The Morgan fingerprint density at radius 2 is 2.00 bits per heavy atom. The van der Waals surface area contributed by atoms with E-state index in [1.54, 1.807) is 0 Å². The molecular weight excluding hydrogens is 272 g/mol. The van der Waals surface area contributed by atoms with Crippen LogP contribution >= 0.6 is 0 Å². The lowest BCUT2D eigenvalue weighted by atomic mass is 9.77. The predicted octanol–water partition coefficient (Wildman–Crippen LogP) is 4.19. The maximum absolute atomic E-state index is 9.15. The zero-order valence-electron chi connectivity index (χ0n) is 12.3. The molecule has 0 spiro atoms. The second-order valence-electron chi connectivity index (χ2n) is 6.04. The summed E-state index contributed by atoms with van der Waals surface area (Å²) in [6.45, 7) is 0.804. The molecule has 110 valence electrons. The van der Waals surface area contributed by atoms with Crippen LogP contribution in [0, 0.1) is 17.2 Å². The van der Waals surface area contributed by atoms with E-state index in [0.29, 0.717) is 11.5 Å². The van der Waals surface area contributed by atoms with Crippen molar-refractivity contribution in [2.24, 2.45) is 5.92 Å². The highest BCUT2D eigenvalue weighted by molar-refractivity contribution is 5.59. The third kappa shape index (κ3) is 2.17. The molecule has 0 aliphatic carbocycles. The summed E-state index contributed by atoms with van der Waals surface area (Å²) in [6.07, 6.45) is 2.33. The molecule has 2 aromatic carbocycles. The highest BCUT2D eigenvalue weighted by Crippen LogP contribution is 2.49. The van der Waals surface area contributed by atoms with E-state index in [4.69, 9.17) is 10.00 Å². The Morgan fingerprint density at radius 3 is 2.82 bits per heavy atom. The first-order chi connectivity index (χ1) is 10.9. The maximum Gasteiger partial charge on any atom is 0.0991 e. The zero-order valence-corrected chi connectivity index (χ0v) is 12.3. The van der Waals surface area contributed by atoms with Crippen molar-refractivity contribution >= 4 is 5.69 Å². The van der Waals surface area contributed by atoms with Crippen LogP contribution in [0.4, 0.5) is 5.69 Å².